The Labute approximate surface area is 129 Å². The van der Waals surface area contributed by atoms with Gasteiger partial charge in [-0.25, -0.2) is 0 Å². The second-order valence-electron chi connectivity index (χ2n) is 4.51. The van der Waals surface area contributed by atoms with Crippen LogP contribution in [0.25, 0.3) is 0 Å². The van der Waals surface area contributed by atoms with Crippen LogP contribution in [0.5, 0.6) is 5.88 Å². The number of pyridine rings is 1. The second-order valence-corrected chi connectivity index (χ2v) is 5.43. The summed E-state index contributed by atoms with van der Waals surface area (Å²) >= 11 is 3.27. The van der Waals surface area contributed by atoms with Gasteiger partial charge in [-0.05, 0) is 36.8 Å². The van der Waals surface area contributed by atoms with Gasteiger partial charge in [-0.2, -0.15) is 5.26 Å². The summed E-state index contributed by atoms with van der Waals surface area (Å²) in [4.78, 5) is 24.4. The molecule has 0 aliphatic heterocycles. The van der Waals surface area contributed by atoms with Crippen LogP contribution in [0.4, 0.5) is 0 Å². The molecule has 21 heavy (non-hydrogen) atoms. The Balaban J connectivity index is 2.73. The number of carbonyl (C=O) groups is 1. The van der Waals surface area contributed by atoms with Gasteiger partial charge in [0.25, 0.3) is 5.56 Å². The summed E-state index contributed by atoms with van der Waals surface area (Å²) in [5.41, 5.74) is -0.253. The van der Waals surface area contributed by atoms with Crippen LogP contribution < -0.4 is 5.56 Å². The highest BCUT2D eigenvalue weighted by atomic mass is 79.9. The SMILES string of the molecule is Cc1c(C(=O)c2ccc(Br)cc2)c(O)n(C)c(=O)c1C#N. The third-order valence-electron chi connectivity index (χ3n) is 3.26. The van der Waals surface area contributed by atoms with Crippen LogP contribution in [0.3, 0.4) is 0 Å². The molecule has 0 aliphatic rings. The van der Waals surface area contributed by atoms with Crippen molar-refractivity contribution in [3.05, 3.63) is 61.3 Å². The van der Waals surface area contributed by atoms with Crippen LogP contribution in [-0.2, 0) is 7.05 Å². The van der Waals surface area contributed by atoms with E-state index in [1.54, 1.807) is 30.3 Å². The van der Waals surface area contributed by atoms with Crippen molar-refractivity contribution in [1.82, 2.24) is 4.57 Å². The number of hydrogen-bond acceptors (Lipinski definition) is 4. The topological polar surface area (TPSA) is 83.1 Å². The molecule has 0 unspecified atom stereocenters. The first kappa shape index (κ1) is 15.0. The first-order valence-electron chi connectivity index (χ1n) is 6.01. The largest absolute Gasteiger partial charge is 0.494 e. The molecule has 0 spiro atoms. The molecule has 0 atom stereocenters. The Morgan fingerprint density at radius 3 is 2.43 bits per heavy atom. The first-order chi connectivity index (χ1) is 9.88. The van der Waals surface area contributed by atoms with E-state index >= 15 is 0 Å². The third kappa shape index (κ3) is 2.48. The van der Waals surface area contributed by atoms with Crippen molar-refractivity contribution in [3.8, 4) is 11.9 Å². The summed E-state index contributed by atoms with van der Waals surface area (Å²) in [6, 6.07) is 8.38. The third-order valence-corrected chi connectivity index (χ3v) is 3.78. The van der Waals surface area contributed by atoms with Gasteiger partial charge in [0.2, 0.25) is 5.88 Å². The Kier molecular flexibility index (Phi) is 3.96. The molecule has 1 aromatic heterocycles. The van der Waals surface area contributed by atoms with E-state index in [2.05, 4.69) is 15.9 Å². The zero-order chi connectivity index (χ0) is 15.7. The Bertz CT molecular complexity index is 830. The van der Waals surface area contributed by atoms with E-state index in [-0.39, 0.29) is 16.7 Å². The van der Waals surface area contributed by atoms with E-state index in [1.165, 1.54) is 14.0 Å². The Morgan fingerprint density at radius 1 is 1.33 bits per heavy atom. The lowest BCUT2D eigenvalue weighted by Gasteiger charge is -2.12. The smallest absolute Gasteiger partial charge is 0.271 e. The molecule has 2 rings (SSSR count). The lowest BCUT2D eigenvalue weighted by Crippen LogP contribution is -2.24. The van der Waals surface area contributed by atoms with Gasteiger partial charge < -0.3 is 5.11 Å². The molecule has 0 saturated heterocycles. The van der Waals surface area contributed by atoms with Gasteiger partial charge in [-0.15, -0.1) is 0 Å². The van der Waals surface area contributed by atoms with Crippen molar-refractivity contribution in [2.45, 2.75) is 6.92 Å². The number of hydrogen-bond donors (Lipinski definition) is 1. The Morgan fingerprint density at radius 2 is 1.90 bits per heavy atom. The molecule has 0 amide bonds. The van der Waals surface area contributed by atoms with Crippen LogP contribution in [0.15, 0.2) is 33.5 Å². The summed E-state index contributed by atoms with van der Waals surface area (Å²) in [5, 5.41) is 19.2. The van der Waals surface area contributed by atoms with Crippen molar-refractivity contribution < 1.29 is 9.90 Å². The number of aromatic hydroxyl groups is 1. The second kappa shape index (κ2) is 5.54. The fourth-order valence-corrected chi connectivity index (χ4v) is 2.30. The molecular formula is C15H11BrN2O3. The number of aromatic nitrogens is 1. The van der Waals surface area contributed by atoms with Gasteiger partial charge in [0.05, 0.1) is 5.56 Å². The van der Waals surface area contributed by atoms with E-state index in [0.717, 1.165) is 9.04 Å². The Hall–Kier alpha value is -2.39. The number of carbonyl (C=O) groups excluding carboxylic acids is 1. The average Bonchev–Trinajstić information content (AvgIpc) is 2.46. The van der Waals surface area contributed by atoms with Crippen molar-refractivity contribution in [1.29, 1.82) is 5.26 Å². The molecular weight excluding hydrogens is 336 g/mol. The van der Waals surface area contributed by atoms with Gasteiger partial charge in [-0.1, -0.05) is 15.9 Å². The number of rotatable bonds is 2. The summed E-state index contributed by atoms with van der Waals surface area (Å²) in [6.07, 6.45) is 0. The van der Waals surface area contributed by atoms with Gasteiger partial charge in [0.15, 0.2) is 5.78 Å². The number of nitrogens with zero attached hydrogens (tertiary/aromatic N) is 2. The molecule has 1 aromatic carbocycles. The highest BCUT2D eigenvalue weighted by molar-refractivity contribution is 9.10. The fraction of sp³-hybridized carbons (Fsp3) is 0.133. The predicted octanol–water partition coefficient (Wildman–Crippen LogP) is 2.26. The van der Waals surface area contributed by atoms with E-state index in [4.69, 9.17) is 5.26 Å². The molecule has 0 aliphatic carbocycles. The molecule has 106 valence electrons. The maximum Gasteiger partial charge on any atom is 0.271 e. The minimum atomic E-state index is -0.625. The van der Waals surface area contributed by atoms with Gasteiger partial charge >= 0.3 is 0 Å². The van der Waals surface area contributed by atoms with Crippen LogP contribution in [0.2, 0.25) is 0 Å². The standard InChI is InChI=1S/C15H11BrN2O3/c1-8-11(7-17)14(20)18(2)15(21)12(8)13(19)9-3-5-10(16)6-4-9/h3-6,21H,1-2H3. The summed E-state index contributed by atoms with van der Waals surface area (Å²) in [5.74, 6) is -0.881. The van der Waals surface area contributed by atoms with Crippen LogP contribution in [0.1, 0.15) is 27.0 Å². The van der Waals surface area contributed by atoms with Gasteiger partial charge in [0.1, 0.15) is 11.6 Å². The van der Waals surface area contributed by atoms with E-state index in [0.29, 0.717) is 5.56 Å². The molecule has 0 radical (unpaired) electrons. The predicted molar refractivity (Wildman–Crippen MR) is 80.4 cm³/mol. The van der Waals surface area contributed by atoms with Crippen molar-refractivity contribution in [2.75, 3.05) is 0 Å². The van der Waals surface area contributed by atoms with E-state index < -0.39 is 17.2 Å². The number of ketones is 1. The van der Waals surface area contributed by atoms with Crippen molar-refractivity contribution in [2.24, 2.45) is 7.05 Å². The van der Waals surface area contributed by atoms with Gasteiger partial charge in [0, 0.05) is 17.1 Å². The molecule has 6 heteroatoms. The van der Waals surface area contributed by atoms with E-state index in [1.807, 2.05) is 0 Å². The zero-order valence-corrected chi connectivity index (χ0v) is 12.9. The number of nitriles is 1. The average molecular weight is 347 g/mol. The molecule has 1 heterocycles. The maximum atomic E-state index is 12.5. The zero-order valence-electron chi connectivity index (χ0n) is 11.3. The highest BCUT2D eigenvalue weighted by Gasteiger charge is 2.23. The van der Waals surface area contributed by atoms with Crippen LogP contribution >= 0.6 is 15.9 Å². The lowest BCUT2D eigenvalue weighted by atomic mass is 9.97. The minimum absolute atomic E-state index is 0.0315. The summed E-state index contributed by atoms with van der Waals surface area (Å²) in [6.45, 7) is 1.48. The normalized spacial score (nSPS) is 10.2. The summed E-state index contributed by atoms with van der Waals surface area (Å²) < 4.78 is 1.72. The number of halogens is 1. The summed E-state index contributed by atoms with van der Waals surface area (Å²) in [7, 11) is 1.32. The highest BCUT2D eigenvalue weighted by Crippen LogP contribution is 2.24. The molecule has 1 N–H and O–H groups in total. The quantitative estimate of drug-likeness (QED) is 0.845. The van der Waals surface area contributed by atoms with E-state index in [9.17, 15) is 14.7 Å². The van der Waals surface area contributed by atoms with Crippen molar-refractivity contribution in [3.63, 3.8) is 0 Å². The molecule has 5 nitrogen and oxygen atoms in total. The maximum absolute atomic E-state index is 12.5. The molecule has 0 saturated carbocycles. The molecule has 2 aromatic rings. The monoisotopic (exact) mass is 346 g/mol. The van der Waals surface area contributed by atoms with Gasteiger partial charge in [-0.3, -0.25) is 14.2 Å². The first-order valence-corrected chi connectivity index (χ1v) is 6.80. The van der Waals surface area contributed by atoms with Crippen LogP contribution in [0, 0.1) is 18.3 Å². The van der Waals surface area contributed by atoms with Crippen LogP contribution in [-0.4, -0.2) is 15.5 Å². The fourth-order valence-electron chi connectivity index (χ4n) is 2.03. The molecule has 0 bridgehead atoms. The molecule has 0 fully saturated rings. The van der Waals surface area contributed by atoms with Crippen molar-refractivity contribution >= 4 is 21.7 Å². The minimum Gasteiger partial charge on any atom is -0.494 e. The lowest BCUT2D eigenvalue weighted by molar-refractivity contribution is 0.103. The number of benzene rings is 1.